The lowest BCUT2D eigenvalue weighted by Crippen LogP contribution is -2.94. The monoisotopic (exact) mass is 237 g/mol. The van der Waals surface area contributed by atoms with Crippen molar-refractivity contribution in [3.63, 3.8) is 0 Å². The Labute approximate surface area is 99.2 Å². The molecule has 16 heavy (non-hydrogen) atoms. The highest BCUT2D eigenvalue weighted by Crippen LogP contribution is 2.26. The predicted molar refractivity (Wildman–Crippen MR) is 61.8 cm³/mol. The summed E-state index contributed by atoms with van der Waals surface area (Å²) >= 11 is 1.71. The summed E-state index contributed by atoms with van der Waals surface area (Å²) in [6, 6.07) is 9.81. The van der Waals surface area contributed by atoms with Crippen LogP contribution in [0.25, 0.3) is 0 Å². The fraction of sp³-hybridized carbons (Fsp3) is 0.417. The van der Waals surface area contributed by atoms with Crippen molar-refractivity contribution in [3.8, 4) is 0 Å². The molecule has 0 saturated carbocycles. The van der Waals surface area contributed by atoms with Gasteiger partial charge in [-0.1, -0.05) is 49.0 Å². The van der Waals surface area contributed by atoms with Crippen LogP contribution in [-0.2, 0) is 4.79 Å². The Morgan fingerprint density at radius 2 is 2.19 bits per heavy atom. The summed E-state index contributed by atoms with van der Waals surface area (Å²) in [5.74, 6) is 0.0512. The molecule has 1 heterocycles. The van der Waals surface area contributed by atoms with Crippen LogP contribution < -0.4 is 10.4 Å². The molecule has 0 bridgehead atoms. The number of rotatable bonds is 3. The summed E-state index contributed by atoms with van der Waals surface area (Å²) in [6.07, 6.45) is 0. The van der Waals surface area contributed by atoms with Gasteiger partial charge in [0, 0.05) is 5.92 Å². The first-order valence-corrected chi connectivity index (χ1v) is 6.46. The van der Waals surface area contributed by atoms with Crippen LogP contribution in [0.1, 0.15) is 18.4 Å². The average molecular weight is 237 g/mol. The van der Waals surface area contributed by atoms with Gasteiger partial charge in [-0.25, -0.2) is 0 Å². The van der Waals surface area contributed by atoms with E-state index in [2.05, 4.69) is 19.1 Å². The molecule has 0 unspecified atom stereocenters. The molecular weight excluding hydrogens is 222 g/mol. The fourth-order valence-electron chi connectivity index (χ4n) is 1.96. The van der Waals surface area contributed by atoms with E-state index in [1.54, 1.807) is 11.8 Å². The molecule has 0 spiro atoms. The van der Waals surface area contributed by atoms with Crippen LogP contribution in [-0.4, -0.2) is 23.1 Å². The molecule has 86 valence electrons. The van der Waals surface area contributed by atoms with Gasteiger partial charge in [-0.15, -0.1) is 0 Å². The number of benzene rings is 1. The molecule has 1 aliphatic heterocycles. The van der Waals surface area contributed by atoms with Crippen LogP contribution in [0.5, 0.6) is 0 Å². The second-order valence-corrected chi connectivity index (χ2v) is 5.33. The lowest BCUT2D eigenvalue weighted by Gasteiger charge is -2.17. The van der Waals surface area contributed by atoms with E-state index < -0.39 is 5.97 Å². The van der Waals surface area contributed by atoms with Crippen molar-refractivity contribution in [2.24, 2.45) is 0 Å². The molecule has 2 N–H and O–H groups in total. The van der Waals surface area contributed by atoms with Crippen molar-refractivity contribution in [2.75, 3.05) is 5.75 Å². The van der Waals surface area contributed by atoms with Crippen molar-refractivity contribution in [2.45, 2.75) is 24.3 Å². The Balaban J connectivity index is 2.02. The first-order valence-electron chi connectivity index (χ1n) is 5.41. The van der Waals surface area contributed by atoms with Crippen molar-refractivity contribution in [3.05, 3.63) is 35.9 Å². The van der Waals surface area contributed by atoms with E-state index in [4.69, 9.17) is 0 Å². The third-order valence-corrected chi connectivity index (χ3v) is 4.51. The van der Waals surface area contributed by atoms with E-state index in [1.165, 1.54) is 5.56 Å². The highest BCUT2D eigenvalue weighted by molar-refractivity contribution is 7.99. The minimum Gasteiger partial charge on any atom is -0.544 e. The van der Waals surface area contributed by atoms with Crippen LogP contribution in [0.3, 0.4) is 0 Å². The SMILES string of the molecule is C[C@@H](c1ccccc1)[C@H]1[NH2+][C@H](C(=O)[O-])CS1. The Hall–Kier alpha value is -1.00. The minimum absolute atomic E-state index is 0.283. The predicted octanol–water partition coefficient (Wildman–Crippen LogP) is -0.455. The van der Waals surface area contributed by atoms with E-state index in [0.29, 0.717) is 11.7 Å². The third-order valence-electron chi connectivity index (χ3n) is 3.01. The number of hydrogen-bond donors (Lipinski definition) is 1. The molecule has 1 aromatic rings. The Morgan fingerprint density at radius 3 is 2.75 bits per heavy atom. The van der Waals surface area contributed by atoms with Crippen molar-refractivity contribution < 1.29 is 15.2 Å². The van der Waals surface area contributed by atoms with E-state index in [0.717, 1.165) is 0 Å². The molecule has 1 fully saturated rings. The van der Waals surface area contributed by atoms with Crippen molar-refractivity contribution >= 4 is 17.7 Å². The van der Waals surface area contributed by atoms with Crippen LogP contribution in [0.2, 0.25) is 0 Å². The first-order chi connectivity index (χ1) is 7.68. The van der Waals surface area contributed by atoms with E-state index in [9.17, 15) is 9.90 Å². The van der Waals surface area contributed by atoms with E-state index in [1.807, 2.05) is 23.5 Å². The Kier molecular flexibility index (Phi) is 3.51. The quantitative estimate of drug-likeness (QED) is 0.774. The standard InChI is InChI=1S/C12H15NO2S/c1-8(9-5-3-2-4-6-9)11-13-10(7-16-11)12(14)15/h2-6,8,10-11,13H,7H2,1H3,(H,14,15)/t8-,10-,11-/m0/s1. The number of quaternary nitrogens is 1. The molecular formula is C12H15NO2S. The molecule has 0 aromatic heterocycles. The van der Waals surface area contributed by atoms with Gasteiger partial charge in [0.15, 0.2) is 0 Å². The second-order valence-electron chi connectivity index (χ2n) is 4.12. The summed E-state index contributed by atoms with van der Waals surface area (Å²) in [7, 11) is 0. The van der Waals surface area contributed by atoms with Gasteiger partial charge < -0.3 is 15.2 Å². The lowest BCUT2D eigenvalue weighted by atomic mass is 10.0. The molecule has 0 radical (unpaired) electrons. The van der Waals surface area contributed by atoms with Gasteiger partial charge in [-0.2, -0.15) is 0 Å². The van der Waals surface area contributed by atoms with Gasteiger partial charge in [-0.3, -0.25) is 0 Å². The van der Waals surface area contributed by atoms with Gasteiger partial charge in [0.1, 0.15) is 17.4 Å². The van der Waals surface area contributed by atoms with Gasteiger partial charge in [0.2, 0.25) is 0 Å². The largest absolute Gasteiger partial charge is 0.544 e. The van der Waals surface area contributed by atoms with Gasteiger partial charge in [0.05, 0.1) is 5.75 Å². The van der Waals surface area contributed by atoms with Crippen molar-refractivity contribution in [1.82, 2.24) is 0 Å². The smallest absolute Gasteiger partial charge is 0.140 e. The van der Waals surface area contributed by atoms with Crippen LogP contribution in [0, 0.1) is 0 Å². The van der Waals surface area contributed by atoms with Crippen LogP contribution >= 0.6 is 11.8 Å². The zero-order valence-electron chi connectivity index (χ0n) is 9.13. The van der Waals surface area contributed by atoms with Crippen LogP contribution in [0.15, 0.2) is 30.3 Å². The number of carboxylic acid groups (broad SMARTS) is 1. The molecule has 0 aliphatic carbocycles. The molecule has 3 atom stereocenters. The number of carbonyl (C=O) groups is 1. The molecule has 1 aliphatic rings. The number of hydrogen-bond acceptors (Lipinski definition) is 3. The van der Waals surface area contributed by atoms with Gasteiger partial charge in [0.25, 0.3) is 0 Å². The molecule has 3 nitrogen and oxygen atoms in total. The van der Waals surface area contributed by atoms with Gasteiger partial charge >= 0.3 is 0 Å². The number of carboxylic acids is 1. The molecule has 1 saturated heterocycles. The van der Waals surface area contributed by atoms with Crippen LogP contribution in [0.4, 0.5) is 0 Å². The maximum absolute atomic E-state index is 10.8. The highest BCUT2D eigenvalue weighted by atomic mass is 32.2. The number of thioether (sulfide) groups is 1. The van der Waals surface area contributed by atoms with E-state index >= 15 is 0 Å². The third kappa shape index (κ3) is 2.39. The number of aliphatic carboxylic acids is 1. The maximum atomic E-state index is 10.8. The zero-order valence-corrected chi connectivity index (χ0v) is 9.94. The lowest BCUT2D eigenvalue weighted by molar-refractivity contribution is -0.686. The summed E-state index contributed by atoms with van der Waals surface area (Å²) in [5.41, 5.74) is 1.26. The maximum Gasteiger partial charge on any atom is 0.140 e. The molecule has 1 aromatic carbocycles. The second kappa shape index (κ2) is 4.89. The topological polar surface area (TPSA) is 56.7 Å². The first kappa shape index (κ1) is 11.5. The zero-order chi connectivity index (χ0) is 11.5. The Bertz CT molecular complexity index is 369. The normalized spacial score (nSPS) is 26.6. The summed E-state index contributed by atoms with van der Waals surface area (Å²) in [4.78, 5) is 10.8. The summed E-state index contributed by atoms with van der Waals surface area (Å²) < 4.78 is 0. The average Bonchev–Trinajstić information content (AvgIpc) is 2.78. The van der Waals surface area contributed by atoms with E-state index in [-0.39, 0.29) is 11.4 Å². The number of carbonyl (C=O) groups excluding carboxylic acids is 1. The Morgan fingerprint density at radius 1 is 1.50 bits per heavy atom. The van der Waals surface area contributed by atoms with Crippen molar-refractivity contribution in [1.29, 1.82) is 0 Å². The number of nitrogens with two attached hydrogens (primary N) is 1. The fourth-order valence-corrected chi connectivity index (χ4v) is 3.38. The molecule has 0 amide bonds. The summed E-state index contributed by atoms with van der Waals surface area (Å²) in [6.45, 7) is 2.14. The van der Waals surface area contributed by atoms with Gasteiger partial charge in [-0.05, 0) is 5.56 Å². The highest BCUT2D eigenvalue weighted by Gasteiger charge is 2.33. The summed E-state index contributed by atoms with van der Waals surface area (Å²) in [5, 5.41) is 12.9. The molecule has 2 rings (SSSR count). The minimum atomic E-state index is -0.949. The molecule has 4 heteroatoms.